The van der Waals surface area contributed by atoms with Gasteiger partial charge >= 0.3 is 6.18 Å². The fourth-order valence-electron chi connectivity index (χ4n) is 3.28. The van der Waals surface area contributed by atoms with E-state index in [-0.39, 0.29) is 17.7 Å². The molecule has 5 nitrogen and oxygen atoms in total. The Kier molecular flexibility index (Phi) is 6.92. The topological polar surface area (TPSA) is 70.6 Å². The van der Waals surface area contributed by atoms with Crippen molar-refractivity contribution in [1.29, 1.82) is 0 Å². The lowest BCUT2D eigenvalue weighted by molar-refractivity contribution is -0.137. The standard InChI is InChI=1S/C20H30F3N3O2S/c1-18(2,3)29(27,28)12-11-25-17(24-4)26-14-19(9-6-10-19)15-7-5-8-16(13-15)20(21,22)23/h5,7-8,13H,6,9-12,14H2,1-4H3,(H2,24,25,26). The maximum Gasteiger partial charge on any atom is 0.416 e. The van der Waals surface area contributed by atoms with E-state index in [4.69, 9.17) is 0 Å². The fraction of sp³-hybridized carbons (Fsp3) is 0.650. The van der Waals surface area contributed by atoms with E-state index in [1.54, 1.807) is 33.9 Å². The van der Waals surface area contributed by atoms with Crippen molar-refractivity contribution in [1.82, 2.24) is 10.6 Å². The summed E-state index contributed by atoms with van der Waals surface area (Å²) in [5.41, 5.74) is -0.357. The van der Waals surface area contributed by atoms with Crippen molar-refractivity contribution in [3.05, 3.63) is 35.4 Å². The minimum Gasteiger partial charge on any atom is -0.356 e. The number of nitrogens with zero attached hydrogens (tertiary/aromatic N) is 1. The van der Waals surface area contributed by atoms with Crippen LogP contribution in [0.25, 0.3) is 0 Å². The number of guanidine groups is 1. The zero-order chi connectivity index (χ0) is 21.9. The van der Waals surface area contributed by atoms with E-state index in [0.29, 0.717) is 18.1 Å². The first-order valence-corrected chi connectivity index (χ1v) is 11.3. The highest BCUT2D eigenvalue weighted by Gasteiger charge is 2.40. The molecular weight excluding hydrogens is 403 g/mol. The molecule has 0 atom stereocenters. The third-order valence-electron chi connectivity index (χ3n) is 5.53. The highest BCUT2D eigenvalue weighted by molar-refractivity contribution is 7.92. The second-order valence-corrected chi connectivity index (χ2v) is 11.4. The van der Waals surface area contributed by atoms with Crippen molar-refractivity contribution < 1.29 is 21.6 Å². The van der Waals surface area contributed by atoms with Crippen molar-refractivity contribution >= 4 is 15.8 Å². The van der Waals surface area contributed by atoms with Gasteiger partial charge in [0, 0.05) is 25.6 Å². The smallest absolute Gasteiger partial charge is 0.356 e. The number of halogens is 3. The van der Waals surface area contributed by atoms with Crippen LogP contribution in [0.3, 0.4) is 0 Å². The molecule has 0 saturated heterocycles. The number of rotatable bonds is 6. The summed E-state index contributed by atoms with van der Waals surface area (Å²) >= 11 is 0. The van der Waals surface area contributed by atoms with Crippen molar-refractivity contribution in [2.24, 2.45) is 4.99 Å². The minimum absolute atomic E-state index is 0.0318. The summed E-state index contributed by atoms with van der Waals surface area (Å²) in [5.74, 6) is 0.406. The van der Waals surface area contributed by atoms with E-state index in [1.165, 1.54) is 12.1 Å². The molecule has 164 valence electrons. The average molecular weight is 434 g/mol. The second-order valence-electron chi connectivity index (χ2n) is 8.50. The number of hydrogen-bond acceptors (Lipinski definition) is 3. The Morgan fingerprint density at radius 3 is 2.31 bits per heavy atom. The molecule has 0 amide bonds. The molecule has 9 heteroatoms. The Balaban J connectivity index is 2.01. The Morgan fingerprint density at radius 1 is 1.17 bits per heavy atom. The first-order valence-electron chi connectivity index (χ1n) is 9.65. The lowest BCUT2D eigenvalue weighted by Crippen LogP contribution is -2.49. The fourth-order valence-corrected chi connectivity index (χ4v) is 4.26. The molecule has 0 aliphatic heterocycles. The monoisotopic (exact) mass is 433 g/mol. The third kappa shape index (κ3) is 5.65. The first kappa shape index (κ1) is 23.5. The number of benzene rings is 1. The quantitative estimate of drug-likeness (QED) is 0.532. The number of alkyl halides is 3. The van der Waals surface area contributed by atoms with Gasteiger partial charge in [0.05, 0.1) is 16.1 Å². The summed E-state index contributed by atoms with van der Waals surface area (Å²) in [6.07, 6.45) is -1.84. The highest BCUT2D eigenvalue weighted by Crippen LogP contribution is 2.44. The van der Waals surface area contributed by atoms with Crippen LogP contribution in [0.5, 0.6) is 0 Å². The lowest BCUT2D eigenvalue weighted by atomic mass is 9.64. The molecule has 1 aromatic rings. The van der Waals surface area contributed by atoms with Crippen LogP contribution in [0.1, 0.15) is 51.2 Å². The second kappa shape index (κ2) is 8.53. The summed E-state index contributed by atoms with van der Waals surface area (Å²) < 4.78 is 62.8. The lowest BCUT2D eigenvalue weighted by Gasteiger charge is -2.43. The Bertz CT molecular complexity index is 839. The van der Waals surface area contributed by atoms with Crippen LogP contribution >= 0.6 is 0 Å². The number of hydrogen-bond donors (Lipinski definition) is 2. The molecule has 0 unspecified atom stereocenters. The number of nitrogens with one attached hydrogen (secondary N) is 2. The predicted octanol–water partition coefficient (Wildman–Crippen LogP) is 3.51. The van der Waals surface area contributed by atoms with Gasteiger partial charge in [-0.15, -0.1) is 0 Å². The molecule has 0 radical (unpaired) electrons. The molecular formula is C20H30F3N3O2S. The van der Waals surface area contributed by atoms with Crippen LogP contribution < -0.4 is 10.6 Å². The molecule has 0 spiro atoms. The number of aliphatic imine (C=N–C) groups is 1. The molecule has 0 aromatic heterocycles. The van der Waals surface area contributed by atoms with Crippen LogP contribution in [0.2, 0.25) is 0 Å². The van der Waals surface area contributed by atoms with Crippen molar-refractivity contribution in [2.75, 3.05) is 25.9 Å². The largest absolute Gasteiger partial charge is 0.416 e. The Labute approximate surface area is 171 Å². The highest BCUT2D eigenvalue weighted by atomic mass is 32.2. The predicted molar refractivity (Wildman–Crippen MR) is 110 cm³/mol. The van der Waals surface area contributed by atoms with E-state index in [9.17, 15) is 21.6 Å². The first-order chi connectivity index (χ1) is 13.3. The van der Waals surface area contributed by atoms with Crippen molar-refractivity contribution in [3.63, 3.8) is 0 Å². The van der Waals surface area contributed by atoms with Gasteiger partial charge in [-0.25, -0.2) is 8.42 Å². The third-order valence-corrected chi connectivity index (χ3v) is 8.13. The summed E-state index contributed by atoms with van der Waals surface area (Å²) in [4.78, 5) is 4.10. The van der Waals surface area contributed by atoms with E-state index >= 15 is 0 Å². The van der Waals surface area contributed by atoms with Gasteiger partial charge in [-0.05, 0) is 45.2 Å². The molecule has 1 fully saturated rings. The van der Waals surface area contributed by atoms with Gasteiger partial charge in [-0.3, -0.25) is 4.99 Å². The summed E-state index contributed by atoms with van der Waals surface area (Å²) in [5, 5.41) is 6.14. The van der Waals surface area contributed by atoms with Gasteiger partial charge in [0.15, 0.2) is 15.8 Å². The zero-order valence-corrected chi connectivity index (χ0v) is 18.2. The molecule has 2 rings (SSSR count). The van der Waals surface area contributed by atoms with Crippen LogP contribution in [-0.2, 0) is 21.4 Å². The van der Waals surface area contributed by atoms with Gasteiger partial charge < -0.3 is 10.6 Å². The van der Waals surface area contributed by atoms with Gasteiger partial charge in [0.1, 0.15) is 0 Å². The molecule has 1 aliphatic carbocycles. The van der Waals surface area contributed by atoms with Gasteiger partial charge in [0.25, 0.3) is 0 Å². The molecule has 1 aromatic carbocycles. The summed E-state index contributed by atoms with van der Waals surface area (Å²) in [7, 11) is -1.68. The van der Waals surface area contributed by atoms with Gasteiger partial charge in [-0.2, -0.15) is 13.2 Å². The van der Waals surface area contributed by atoms with E-state index in [2.05, 4.69) is 15.6 Å². The van der Waals surface area contributed by atoms with Crippen LogP contribution in [0.4, 0.5) is 13.2 Å². The summed E-state index contributed by atoms with van der Waals surface area (Å²) in [6.45, 7) is 5.61. The SMILES string of the molecule is CN=C(NCCS(=O)(=O)C(C)(C)C)NCC1(c2cccc(C(F)(F)F)c2)CCC1. The molecule has 0 heterocycles. The normalized spacial score (nSPS) is 17.6. The van der Waals surface area contributed by atoms with Crippen molar-refractivity contribution in [3.8, 4) is 0 Å². The molecule has 29 heavy (non-hydrogen) atoms. The van der Waals surface area contributed by atoms with Crippen LogP contribution in [0.15, 0.2) is 29.3 Å². The van der Waals surface area contributed by atoms with Crippen LogP contribution in [-0.4, -0.2) is 45.0 Å². The molecule has 1 aliphatic rings. The minimum atomic E-state index is -4.37. The van der Waals surface area contributed by atoms with E-state index in [0.717, 1.165) is 25.3 Å². The molecule has 2 N–H and O–H groups in total. The van der Waals surface area contributed by atoms with Crippen LogP contribution in [0, 0.1) is 0 Å². The molecule has 1 saturated carbocycles. The maximum atomic E-state index is 13.1. The summed E-state index contributed by atoms with van der Waals surface area (Å²) in [6, 6.07) is 5.50. The van der Waals surface area contributed by atoms with Gasteiger partial charge in [-0.1, -0.05) is 24.6 Å². The van der Waals surface area contributed by atoms with Crippen molar-refractivity contribution in [2.45, 2.75) is 56.4 Å². The average Bonchev–Trinajstić information content (AvgIpc) is 2.57. The van der Waals surface area contributed by atoms with E-state index < -0.39 is 26.3 Å². The Morgan fingerprint density at radius 2 is 1.83 bits per heavy atom. The Hall–Kier alpha value is -1.77. The van der Waals surface area contributed by atoms with E-state index in [1.807, 2.05) is 0 Å². The molecule has 0 bridgehead atoms. The zero-order valence-electron chi connectivity index (χ0n) is 17.4. The van der Waals surface area contributed by atoms with Gasteiger partial charge in [0.2, 0.25) is 0 Å². The number of sulfone groups is 1. The maximum absolute atomic E-state index is 13.1.